The number of thioether (sulfide) groups is 1. The fourth-order valence-corrected chi connectivity index (χ4v) is 7.00. The number of carbonyl (C=O) groups is 2. The van der Waals surface area contributed by atoms with Crippen LogP contribution in [0.2, 0.25) is 0 Å². The van der Waals surface area contributed by atoms with Gasteiger partial charge in [-0.25, -0.2) is 4.98 Å². The van der Waals surface area contributed by atoms with Gasteiger partial charge < -0.3 is 14.4 Å². The lowest BCUT2D eigenvalue weighted by Gasteiger charge is -2.25. The molecule has 42 heavy (non-hydrogen) atoms. The maximum Gasteiger partial charge on any atom is 0.264 e. The van der Waals surface area contributed by atoms with Gasteiger partial charge in [0.15, 0.2) is 0 Å². The summed E-state index contributed by atoms with van der Waals surface area (Å²) in [6, 6.07) is 27.3. The van der Waals surface area contributed by atoms with Crippen molar-refractivity contribution in [1.82, 2.24) is 14.5 Å². The van der Waals surface area contributed by atoms with Gasteiger partial charge >= 0.3 is 0 Å². The van der Waals surface area contributed by atoms with Crippen molar-refractivity contribution >= 4 is 50.7 Å². The Morgan fingerprint density at radius 2 is 1.74 bits per heavy atom. The quantitative estimate of drug-likeness (QED) is 0.222. The Bertz CT molecular complexity index is 1750. The van der Waals surface area contributed by atoms with Crippen LogP contribution in [-0.4, -0.2) is 50.9 Å². The van der Waals surface area contributed by atoms with Gasteiger partial charge in [-0.3, -0.25) is 9.59 Å². The van der Waals surface area contributed by atoms with E-state index in [1.807, 2.05) is 88.0 Å². The molecular weight excluding hydrogens is 563 g/mol. The first-order valence-corrected chi connectivity index (χ1v) is 15.8. The van der Waals surface area contributed by atoms with Gasteiger partial charge in [0.1, 0.15) is 0 Å². The first kappa shape index (κ1) is 27.8. The van der Waals surface area contributed by atoms with Gasteiger partial charge in [0, 0.05) is 47.7 Å². The molecule has 1 fully saturated rings. The molecule has 7 nitrogen and oxygen atoms in total. The van der Waals surface area contributed by atoms with Gasteiger partial charge in [-0.2, -0.15) is 17.0 Å². The first-order chi connectivity index (χ1) is 20.6. The topological polar surface area (TPSA) is 82.2 Å². The standard InChI is InChI=1S/C33H29N5O2S2/c34-19-25-6-8-26(9-7-25)21-37-23-35-20-29(37)22-38(32(39)16-24-4-2-1-3-5-24)28-10-11-30-27(17-28)18-31(42-30)33(40)36-12-14-41-15-13-36/h1-11,17-18,20,23H,12-16,21-22H2. The second-order valence-electron chi connectivity index (χ2n) is 10.2. The highest BCUT2D eigenvalue weighted by Crippen LogP contribution is 2.32. The van der Waals surface area contributed by atoms with Gasteiger partial charge in [0.2, 0.25) is 5.91 Å². The van der Waals surface area contributed by atoms with Crippen molar-refractivity contribution in [2.24, 2.45) is 0 Å². The van der Waals surface area contributed by atoms with Crippen molar-refractivity contribution in [2.45, 2.75) is 19.5 Å². The van der Waals surface area contributed by atoms with Crippen LogP contribution < -0.4 is 4.90 Å². The summed E-state index contributed by atoms with van der Waals surface area (Å²) < 4.78 is 3.05. The maximum absolute atomic E-state index is 13.8. The molecule has 5 aromatic rings. The van der Waals surface area contributed by atoms with Crippen molar-refractivity contribution in [3.05, 3.63) is 119 Å². The van der Waals surface area contributed by atoms with Gasteiger partial charge in [0.05, 0.1) is 41.5 Å². The molecule has 0 bridgehead atoms. The monoisotopic (exact) mass is 591 g/mol. The molecule has 0 spiro atoms. The van der Waals surface area contributed by atoms with E-state index in [0.29, 0.717) is 18.7 Å². The van der Waals surface area contributed by atoms with Crippen LogP contribution >= 0.6 is 23.1 Å². The molecule has 2 aromatic heterocycles. The molecule has 0 N–H and O–H groups in total. The Kier molecular flexibility index (Phi) is 8.35. The van der Waals surface area contributed by atoms with Crippen LogP contribution in [0.3, 0.4) is 0 Å². The third-order valence-electron chi connectivity index (χ3n) is 7.37. The molecule has 3 aromatic carbocycles. The minimum Gasteiger partial charge on any atom is -0.336 e. The van der Waals surface area contributed by atoms with Crippen LogP contribution in [0.1, 0.15) is 32.1 Å². The Hall–Kier alpha value is -4.39. The molecule has 0 radical (unpaired) electrons. The van der Waals surface area contributed by atoms with Gasteiger partial charge in [-0.05, 0) is 52.9 Å². The molecule has 0 saturated carbocycles. The van der Waals surface area contributed by atoms with E-state index in [1.165, 1.54) is 11.3 Å². The lowest BCUT2D eigenvalue weighted by atomic mass is 10.1. The van der Waals surface area contributed by atoms with Crippen molar-refractivity contribution in [1.29, 1.82) is 5.26 Å². The molecule has 0 unspecified atom stereocenters. The highest BCUT2D eigenvalue weighted by Gasteiger charge is 2.23. The number of anilines is 1. The van der Waals surface area contributed by atoms with Crippen LogP contribution in [0, 0.1) is 11.3 Å². The highest BCUT2D eigenvalue weighted by atomic mass is 32.2. The summed E-state index contributed by atoms with van der Waals surface area (Å²) in [5, 5.41) is 10.1. The van der Waals surface area contributed by atoms with E-state index in [-0.39, 0.29) is 18.2 Å². The van der Waals surface area contributed by atoms with E-state index < -0.39 is 0 Å². The molecule has 9 heteroatoms. The smallest absolute Gasteiger partial charge is 0.264 e. The van der Waals surface area contributed by atoms with E-state index >= 15 is 0 Å². The number of imidazole rings is 1. The van der Waals surface area contributed by atoms with E-state index in [4.69, 9.17) is 5.26 Å². The number of carbonyl (C=O) groups excluding carboxylic acids is 2. The number of aromatic nitrogens is 2. The fraction of sp³-hybridized carbons (Fsp3) is 0.212. The van der Waals surface area contributed by atoms with Crippen molar-refractivity contribution in [3.8, 4) is 6.07 Å². The summed E-state index contributed by atoms with van der Waals surface area (Å²) in [5.41, 5.74) is 4.28. The Morgan fingerprint density at radius 3 is 2.50 bits per heavy atom. The second kappa shape index (κ2) is 12.6. The van der Waals surface area contributed by atoms with Crippen LogP contribution in [0.5, 0.6) is 0 Å². The predicted molar refractivity (Wildman–Crippen MR) is 169 cm³/mol. The van der Waals surface area contributed by atoms with Crippen LogP contribution in [0.4, 0.5) is 5.69 Å². The third-order valence-corrected chi connectivity index (χ3v) is 9.42. The van der Waals surface area contributed by atoms with Crippen molar-refractivity contribution in [3.63, 3.8) is 0 Å². The fourth-order valence-electron chi connectivity index (χ4n) is 5.08. The zero-order chi connectivity index (χ0) is 28.9. The maximum atomic E-state index is 13.8. The summed E-state index contributed by atoms with van der Waals surface area (Å²) in [6.07, 6.45) is 3.83. The number of hydrogen-bond donors (Lipinski definition) is 0. The Labute approximate surface area is 253 Å². The van der Waals surface area contributed by atoms with Gasteiger partial charge in [-0.1, -0.05) is 42.5 Å². The molecular formula is C33H29N5O2S2. The number of hydrogen-bond acceptors (Lipinski definition) is 6. The molecule has 6 rings (SSSR count). The lowest BCUT2D eigenvalue weighted by molar-refractivity contribution is -0.118. The van der Waals surface area contributed by atoms with Crippen LogP contribution in [-0.2, 0) is 24.3 Å². The van der Waals surface area contributed by atoms with E-state index in [0.717, 1.165) is 62.1 Å². The second-order valence-corrected chi connectivity index (χ2v) is 12.5. The molecule has 1 saturated heterocycles. The van der Waals surface area contributed by atoms with Gasteiger partial charge in [0.25, 0.3) is 5.91 Å². The molecule has 2 amide bonds. The van der Waals surface area contributed by atoms with Crippen molar-refractivity contribution in [2.75, 3.05) is 29.5 Å². The number of nitriles is 1. The van der Waals surface area contributed by atoms with Gasteiger partial charge in [-0.15, -0.1) is 11.3 Å². The van der Waals surface area contributed by atoms with E-state index in [2.05, 4.69) is 11.1 Å². The van der Waals surface area contributed by atoms with Crippen molar-refractivity contribution < 1.29 is 9.59 Å². The average Bonchev–Trinajstić information content (AvgIpc) is 3.67. The number of rotatable bonds is 8. The number of thiophene rings is 1. The number of fused-ring (bicyclic) bond motifs is 1. The highest BCUT2D eigenvalue weighted by molar-refractivity contribution is 7.99. The van der Waals surface area contributed by atoms with Crippen LogP contribution in [0.25, 0.3) is 10.1 Å². The summed E-state index contributed by atoms with van der Waals surface area (Å²) in [4.78, 5) is 35.9. The molecule has 0 atom stereocenters. The first-order valence-electron chi connectivity index (χ1n) is 13.8. The average molecular weight is 592 g/mol. The summed E-state index contributed by atoms with van der Waals surface area (Å²) >= 11 is 3.39. The summed E-state index contributed by atoms with van der Waals surface area (Å²) in [6.45, 7) is 2.47. The SMILES string of the molecule is N#Cc1ccc(Cn2cncc2CN(C(=O)Cc2ccccc2)c2ccc3sc(C(=O)N4CCSCC4)cc3c2)cc1. The summed E-state index contributed by atoms with van der Waals surface area (Å²) in [7, 11) is 0. The molecule has 3 heterocycles. The van der Waals surface area contributed by atoms with E-state index in [9.17, 15) is 9.59 Å². The van der Waals surface area contributed by atoms with Crippen LogP contribution in [0.15, 0.2) is 91.4 Å². The number of nitrogens with zero attached hydrogens (tertiary/aromatic N) is 5. The third kappa shape index (κ3) is 6.25. The lowest BCUT2D eigenvalue weighted by Crippen LogP contribution is -2.37. The zero-order valence-corrected chi connectivity index (χ0v) is 24.6. The predicted octanol–water partition coefficient (Wildman–Crippen LogP) is 5.98. The minimum atomic E-state index is -0.0241. The zero-order valence-electron chi connectivity index (χ0n) is 23.0. The minimum absolute atomic E-state index is 0.0241. The number of benzene rings is 3. The summed E-state index contributed by atoms with van der Waals surface area (Å²) in [5.74, 6) is 2.01. The molecule has 1 aliphatic heterocycles. The molecule has 1 aliphatic rings. The number of amides is 2. The molecule has 0 aliphatic carbocycles. The Morgan fingerprint density at radius 1 is 0.952 bits per heavy atom. The largest absolute Gasteiger partial charge is 0.336 e. The Balaban J connectivity index is 1.29. The van der Waals surface area contributed by atoms with E-state index in [1.54, 1.807) is 29.6 Å². The normalized spacial score (nSPS) is 13.2. The molecule has 210 valence electrons.